The van der Waals surface area contributed by atoms with Gasteiger partial charge in [-0.3, -0.25) is 9.78 Å². The van der Waals surface area contributed by atoms with E-state index in [-0.39, 0.29) is 43.5 Å². The second-order valence-electron chi connectivity index (χ2n) is 12.5. The van der Waals surface area contributed by atoms with Crippen molar-refractivity contribution in [2.24, 2.45) is 11.8 Å². The summed E-state index contributed by atoms with van der Waals surface area (Å²) in [4.78, 5) is 21.0. The predicted molar refractivity (Wildman–Crippen MR) is 185 cm³/mol. The van der Waals surface area contributed by atoms with Crippen LogP contribution in [0.4, 0.5) is 0 Å². The molecule has 2 aromatic carbocycles. The summed E-state index contributed by atoms with van der Waals surface area (Å²) in [6, 6.07) is 14.4. The second kappa shape index (κ2) is 16.2. The van der Waals surface area contributed by atoms with E-state index >= 15 is 0 Å². The van der Waals surface area contributed by atoms with E-state index in [2.05, 4.69) is 81.8 Å². The SMILES string of the molecule is CCC(CC)C(=O)/C=C(\O)C(CC)CC.Cc1c([Si](C)(C)C)sc2c(-c3[c-]c4ccccc4c(C(C)C)c3)ncnc12.[Ir]. The molecule has 0 aliphatic rings. The van der Waals surface area contributed by atoms with Gasteiger partial charge in [0.1, 0.15) is 6.33 Å². The molecule has 2 heterocycles. The summed E-state index contributed by atoms with van der Waals surface area (Å²) in [6.07, 6.45) is 6.62. The van der Waals surface area contributed by atoms with Gasteiger partial charge in [-0.2, -0.15) is 0 Å². The smallest absolute Gasteiger partial charge is 0.162 e. The number of aliphatic hydroxyl groups is 1. The number of rotatable bonds is 10. The largest absolute Gasteiger partial charge is 0.512 e. The second-order valence-corrected chi connectivity index (χ2v) is 18.9. The molecule has 0 bridgehead atoms. The Balaban J connectivity index is 0.000000348. The molecule has 0 fully saturated rings. The Morgan fingerprint density at radius 3 is 2.16 bits per heavy atom. The molecule has 0 aliphatic carbocycles. The number of aromatic nitrogens is 2. The zero-order valence-electron chi connectivity index (χ0n) is 27.6. The number of hydrogen-bond donors (Lipinski definition) is 1. The summed E-state index contributed by atoms with van der Waals surface area (Å²) >= 11 is 1.89. The minimum Gasteiger partial charge on any atom is -0.512 e. The third kappa shape index (κ3) is 8.72. The van der Waals surface area contributed by atoms with Gasteiger partial charge in [-0.25, -0.2) is 4.98 Å². The monoisotopic (exact) mass is 794 g/mol. The van der Waals surface area contributed by atoms with Crippen molar-refractivity contribution in [2.45, 2.75) is 99.7 Å². The molecule has 2 aromatic heterocycles. The number of thiophene rings is 1. The van der Waals surface area contributed by atoms with E-state index in [9.17, 15) is 9.90 Å². The molecule has 4 rings (SSSR count). The average Bonchev–Trinajstić information content (AvgIpc) is 3.31. The van der Waals surface area contributed by atoms with Crippen LogP contribution in [-0.2, 0) is 24.9 Å². The summed E-state index contributed by atoms with van der Waals surface area (Å²) in [5.41, 5.74) is 5.89. The Bertz CT molecular complexity index is 1550. The number of aryl methyl sites for hydroxylation is 1. The first-order valence-electron chi connectivity index (χ1n) is 15.5. The summed E-state index contributed by atoms with van der Waals surface area (Å²) in [5, 5.41) is 12.2. The maximum Gasteiger partial charge on any atom is 0.162 e. The minimum atomic E-state index is -1.42. The zero-order valence-corrected chi connectivity index (χ0v) is 31.8. The van der Waals surface area contributed by atoms with E-state index in [1.165, 1.54) is 31.8 Å². The molecule has 0 aliphatic heterocycles. The van der Waals surface area contributed by atoms with Crippen LogP contribution in [0.1, 0.15) is 84.3 Å². The third-order valence-corrected chi connectivity index (χ3v) is 13.1. The van der Waals surface area contributed by atoms with Crippen molar-refractivity contribution in [1.82, 2.24) is 9.97 Å². The van der Waals surface area contributed by atoms with Crippen molar-refractivity contribution < 1.29 is 30.0 Å². The number of benzene rings is 2. The van der Waals surface area contributed by atoms with Crippen LogP contribution in [-0.4, -0.2) is 28.9 Å². The van der Waals surface area contributed by atoms with Gasteiger partial charge in [0.2, 0.25) is 0 Å². The number of aliphatic hydroxyl groups excluding tert-OH is 1. The number of nitrogens with zero attached hydrogens (tertiary/aromatic N) is 2. The molecule has 0 atom stereocenters. The predicted octanol–water partition coefficient (Wildman–Crippen LogP) is 10.2. The van der Waals surface area contributed by atoms with Crippen molar-refractivity contribution in [3.8, 4) is 11.3 Å². The minimum absolute atomic E-state index is 0. The number of carbonyl (C=O) groups is 1. The van der Waals surface area contributed by atoms with Crippen molar-refractivity contribution >= 4 is 50.7 Å². The number of carbonyl (C=O) groups excluding carboxylic acids is 1. The first-order chi connectivity index (χ1) is 19.9. The molecule has 4 nitrogen and oxygen atoms in total. The van der Waals surface area contributed by atoms with Crippen molar-refractivity contribution in [3.05, 3.63) is 65.7 Å². The van der Waals surface area contributed by atoms with Gasteiger partial charge in [-0.15, -0.1) is 40.5 Å². The van der Waals surface area contributed by atoms with Gasteiger partial charge >= 0.3 is 0 Å². The average molecular weight is 794 g/mol. The standard InChI is InChI=1S/C23H25N2SSi.C13H24O2.Ir/c1-14(2)19-12-17(11-16-9-7-8-10-18(16)19)21-22-20(24-13-25-21)15(3)23(26-22)27(4,5)6;1-5-10(6-2)12(14)9-13(15)11(7-3)8-4;/h7-10,12-14H,1-6H3;9-11,14H,5-8H2,1-4H3;/q-1;;/b;12-9-;. The molecule has 0 spiro atoms. The fourth-order valence-electron chi connectivity index (χ4n) is 5.57. The van der Waals surface area contributed by atoms with E-state index in [4.69, 9.17) is 4.98 Å². The molecule has 4 aromatic rings. The molecule has 1 radical (unpaired) electrons. The maximum absolute atomic E-state index is 11.7. The molecule has 0 unspecified atom stereocenters. The van der Waals surface area contributed by atoms with E-state index in [0.29, 0.717) is 5.92 Å². The molecule has 0 amide bonds. The molecule has 0 saturated carbocycles. The Morgan fingerprint density at radius 1 is 1.00 bits per heavy atom. The van der Waals surface area contributed by atoms with Crippen LogP contribution in [0, 0.1) is 24.8 Å². The summed E-state index contributed by atoms with van der Waals surface area (Å²) < 4.78 is 2.72. The summed E-state index contributed by atoms with van der Waals surface area (Å²) in [6.45, 7) is 22.0. The van der Waals surface area contributed by atoms with Gasteiger partial charge in [0.05, 0.1) is 19.3 Å². The Morgan fingerprint density at radius 2 is 1.60 bits per heavy atom. The van der Waals surface area contributed by atoms with Crippen LogP contribution in [0.25, 0.3) is 32.2 Å². The van der Waals surface area contributed by atoms with E-state index < -0.39 is 8.07 Å². The van der Waals surface area contributed by atoms with Crippen LogP contribution in [0.3, 0.4) is 0 Å². The van der Waals surface area contributed by atoms with Gasteiger partial charge in [0.15, 0.2) is 5.78 Å². The first kappa shape index (κ1) is 37.0. The quantitative estimate of drug-likeness (QED) is 0.0752. The molecule has 43 heavy (non-hydrogen) atoms. The normalized spacial score (nSPS) is 12.2. The third-order valence-electron chi connectivity index (χ3n) is 8.15. The fourth-order valence-corrected chi connectivity index (χ4v) is 9.36. The topological polar surface area (TPSA) is 63.1 Å². The molecule has 1 N–H and O–H groups in total. The molecule has 235 valence electrons. The van der Waals surface area contributed by atoms with Gasteiger partial charge < -0.3 is 5.11 Å². The zero-order chi connectivity index (χ0) is 31.2. The Labute approximate surface area is 277 Å². The number of allylic oxidation sites excluding steroid dienone is 2. The van der Waals surface area contributed by atoms with Gasteiger partial charge in [0, 0.05) is 48.4 Å². The van der Waals surface area contributed by atoms with E-state index in [1.807, 2.05) is 39.0 Å². The number of ketones is 1. The van der Waals surface area contributed by atoms with Crippen molar-refractivity contribution in [1.29, 1.82) is 0 Å². The molecule has 7 heteroatoms. The van der Waals surface area contributed by atoms with Crippen LogP contribution < -0.4 is 4.50 Å². The molecular formula is C36H49IrN2O2SSi-. The van der Waals surface area contributed by atoms with Crippen LogP contribution in [0.15, 0.2) is 48.5 Å². The van der Waals surface area contributed by atoms with E-state index in [1.54, 1.807) is 6.33 Å². The van der Waals surface area contributed by atoms with Crippen LogP contribution >= 0.6 is 11.3 Å². The van der Waals surface area contributed by atoms with Gasteiger partial charge in [-0.05, 0) is 48.6 Å². The van der Waals surface area contributed by atoms with Crippen LogP contribution in [0.5, 0.6) is 0 Å². The Kier molecular flexibility index (Phi) is 14.0. The first-order valence-corrected chi connectivity index (χ1v) is 19.8. The number of hydrogen-bond acceptors (Lipinski definition) is 5. The van der Waals surface area contributed by atoms with Gasteiger partial charge in [0.25, 0.3) is 0 Å². The summed E-state index contributed by atoms with van der Waals surface area (Å²) in [7, 11) is -1.42. The molecule has 0 saturated heterocycles. The van der Waals surface area contributed by atoms with Crippen LogP contribution in [0.2, 0.25) is 19.6 Å². The van der Waals surface area contributed by atoms with Crippen molar-refractivity contribution in [2.75, 3.05) is 0 Å². The maximum atomic E-state index is 11.7. The fraction of sp³-hybridized carbons (Fsp3) is 0.472. The van der Waals surface area contributed by atoms with Crippen molar-refractivity contribution in [3.63, 3.8) is 0 Å². The number of fused-ring (bicyclic) bond motifs is 2. The molecular weight excluding hydrogens is 745 g/mol. The Hall–Kier alpha value is -2.18. The van der Waals surface area contributed by atoms with E-state index in [0.717, 1.165) is 47.8 Å². The summed E-state index contributed by atoms with van der Waals surface area (Å²) in [5.74, 6) is 0.995. The van der Waals surface area contributed by atoms with Gasteiger partial charge in [-0.1, -0.05) is 90.3 Å².